The highest BCUT2D eigenvalue weighted by Gasteiger charge is 2.30. The van der Waals surface area contributed by atoms with Gasteiger partial charge < -0.3 is 10.4 Å². The van der Waals surface area contributed by atoms with Crippen LogP contribution in [0.15, 0.2) is 0 Å². The molecule has 1 saturated carbocycles. The highest BCUT2D eigenvalue weighted by molar-refractivity contribution is 4.90. The molecule has 1 aliphatic rings. The van der Waals surface area contributed by atoms with Gasteiger partial charge in [0.05, 0.1) is 6.61 Å². The number of hydrogen-bond acceptors (Lipinski definition) is 2. The summed E-state index contributed by atoms with van der Waals surface area (Å²) in [5.41, 5.74) is -0.0575. The Morgan fingerprint density at radius 3 is 2.57 bits per heavy atom. The molecule has 0 heterocycles. The highest BCUT2D eigenvalue weighted by Crippen LogP contribution is 2.27. The molecule has 14 heavy (non-hydrogen) atoms. The van der Waals surface area contributed by atoms with Gasteiger partial charge in [-0.3, -0.25) is 0 Å². The zero-order valence-electron chi connectivity index (χ0n) is 9.84. The molecule has 3 atom stereocenters. The Morgan fingerprint density at radius 1 is 1.43 bits per heavy atom. The molecule has 0 aromatic rings. The van der Waals surface area contributed by atoms with Crippen molar-refractivity contribution in [2.24, 2.45) is 5.92 Å². The SMILES string of the molecule is CCCC(C)(CO)NC1CCCC1C. The summed E-state index contributed by atoms with van der Waals surface area (Å²) in [6, 6.07) is 0.624. The fourth-order valence-corrected chi connectivity index (χ4v) is 2.56. The maximum absolute atomic E-state index is 9.40. The fraction of sp³-hybridized carbons (Fsp3) is 1.00. The summed E-state index contributed by atoms with van der Waals surface area (Å²) in [7, 11) is 0. The molecular weight excluding hydrogens is 174 g/mol. The van der Waals surface area contributed by atoms with Crippen molar-refractivity contribution in [3.63, 3.8) is 0 Å². The van der Waals surface area contributed by atoms with Gasteiger partial charge >= 0.3 is 0 Å². The van der Waals surface area contributed by atoms with E-state index in [1.165, 1.54) is 19.3 Å². The fourth-order valence-electron chi connectivity index (χ4n) is 2.56. The van der Waals surface area contributed by atoms with Crippen LogP contribution in [0.3, 0.4) is 0 Å². The van der Waals surface area contributed by atoms with Crippen LogP contribution in [0.4, 0.5) is 0 Å². The van der Waals surface area contributed by atoms with E-state index in [0.717, 1.165) is 18.8 Å². The van der Waals surface area contributed by atoms with Crippen molar-refractivity contribution in [1.29, 1.82) is 0 Å². The van der Waals surface area contributed by atoms with Gasteiger partial charge in [-0.1, -0.05) is 26.7 Å². The predicted octanol–water partition coefficient (Wildman–Crippen LogP) is 2.32. The number of aliphatic hydroxyl groups excluding tert-OH is 1. The van der Waals surface area contributed by atoms with E-state index in [0.29, 0.717) is 6.04 Å². The lowest BCUT2D eigenvalue weighted by Gasteiger charge is -2.33. The number of aliphatic hydroxyl groups is 1. The van der Waals surface area contributed by atoms with Crippen LogP contribution in [0.25, 0.3) is 0 Å². The summed E-state index contributed by atoms with van der Waals surface area (Å²) < 4.78 is 0. The Hall–Kier alpha value is -0.0800. The van der Waals surface area contributed by atoms with Crippen LogP contribution in [-0.4, -0.2) is 23.3 Å². The quantitative estimate of drug-likeness (QED) is 0.712. The Bertz CT molecular complexity index is 172. The van der Waals surface area contributed by atoms with E-state index in [1.54, 1.807) is 0 Å². The van der Waals surface area contributed by atoms with Crippen LogP contribution in [0.2, 0.25) is 0 Å². The van der Waals surface area contributed by atoms with E-state index in [4.69, 9.17) is 0 Å². The van der Waals surface area contributed by atoms with E-state index in [2.05, 4.69) is 26.1 Å². The maximum Gasteiger partial charge on any atom is 0.0610 e. The van der Waals surface area contributed by atoms with Crippen molar-refractivity contribution in [2.45, 2.75) is 64.5 Å². The van der Waals surface area contributed by atoms with Gasteiger partial charge in [0.2, 0.25) is 0 Å². The van der Waals surface area contributed by atoms with Gasteiger partial charge in [0.15, 0.2) is 0 Å². The first-order valence-corrected chi connectivity index (χ1v) is 6.00. The number of nitrogens with one attached hydrogen (secondary N) is 1. The summed E-state index contributed by atoms with van der Waals surface area (Å²) in [6.45, 7) is 6.88. The molecule has 2 nitrogen and oxygen atoms in total. The summed E-state index contributed by atoms with van der Waals surface area (Å²) in [5, 5.41) is 13.0. The minimum atomic E-state index is -0.0575. The topological polar surface area (TPSA) is 32.3 Å². The standard InChI is InChI=1S/C12H25NO/c1-4-8-12(3,9-14)13-11-7-5-6-10(11)2/h10-11,13-14H,4-9H2,1-3H3. The molecule has 84 valence electrons. The minimum Gasteiger partial charge on any atom is -0.394 e. The molecule has 1 fully saturated rings. The molecule has 0 bridgehead atoms. The van der Waals surface area contributed by atoms with E-state index in [-0.39, 0.29) is 12.1 Å². The van der Waals surface area contributed by atoms with Gasteiger partial charge in [-0.2, -0.15) is 0 Å². The number of hydrogen-bond donors (Lipinski definition) is 2. The number of rotatable bonds is 5. The van der Waals surface area contributed by atoms with Gasteiger partial charge in [-0.25, -0.2) is 0 Å². The molecule has 0 radical (unpaired) electrons. The lowest BCUT2D eigenvalue weighted by Crippen LogP contribution is -2.51. The molecule has 0 spiro atoms. The third-order valence-electron chi connectivity index (χ3n) is 3.55. The van der Waals surface area contributed by atoms with Crippen molar-refractivity contribution in [3.8, 4) is 0 Å². The summed E-state index contributed by atoms with van der Waals surface area (Å²) in [4.78, 5) is 0. The van der Waals surface area contributed by atoms with E-state index >= 15 is 0 Å². The van der Waals surface area contributed by atoms with Crippen LogP contribution in [-0.2, 0) is 0 Å². The van der Waals surface area contributed by atoms with Crippen molar-refractivity contribution >= 4 is 0 Å². The average molecular weight is 199 g/mol. The molecule has 0 aliphatic heterocycles. The Kier molecular flexibility index (Phi) is 4.39. The third-order valence-corrected chi connectivity index (χ3v) is 3.55. The van der Waals surface area contributed by atoms with Crippen LogP contribution < -0.4 is 5.32 Å². The molecule has 0 saturated heterocycles. The van der Waals surface area contributed by atoms with Crippen LogP contribution in [0, 0.1) is 5.92 Å². The molecule has 2 heteroatoms. The van der Waals surface area contributed by atoms with Crippen molar-refractivity contribution in [3.05, 3.63) is 0 Å². The summed E-state index contributed by atoms with van der Waals surface area (Å²) in [5.74, 6) is 0.776. The molecule has 2 N–H and O–H groups in total. The summed E-state index contributed by atoms with van der Waals surface area (Å²) >= 11 is 0. The molecular formula is C12H25NO. The van der Waals surface area contributed by atoms with Crippen LogP contribution in [0.1, 0.15) is 52.9 Å². The lowest BCUT2D eigenvalue weighted by molar-refractivity contribution is 0.144. The maximum atomic E-state index is 9.40. The van der Waals surface area contributed by atoms with Gasteiger partial charge in [-0.05, 0) is 32.1 Å². The largest absolute Gasteiger partial charge is 0.394 e. The van der Waals surface area contributed by atoms with E-state index in [9.17, 15) is 5.11 Å². The second-order valence-electron chi connectivity index (χ2n) is 5.13. The first kappa shape index (κ1) is 12.0. The highest BCUT2D eigenvalue weighted by atomic mass is 16.3. The van der Waals surface area contributed by atoms with Crippen molar-refractivity contribution < 1.29 is 5.11 Å². The first-order valence-electron chi connectivity index (χ1n) is 6.00. The Balaban J connectivity index is 2.46. The van der Waals surface area contributed by atoms with Crippen molar-refractivity contribution in [1.82, 2.24) is 5.32 Å². The zero-order valence-corrected chi connectivity index (χ0v) is 9.84. The smallest absolute Gasteiger partial charge is 0.0610 e. The van der Waals surface area contributed by atoms with Gasteiger partial charge in [0, 0.05) is 11.6 Å². The average Bonchev–Trinajstić information content (AvgIpc) is 2.52. The molecule has 0 aromatic carbocycles. The van der Waals surface area contributed by atoms with E-state index in [1.807, 2.05) is 0 Å². The molecule has 1 rings (SSSR count). The molecule has 3 unspecified atom stereocenters. The second kappa shape index (κ2) is 5.13. The minimum absolute atomic E-state index is 0.0575. The molecule has 0 amide bonds. The van der Waals surface area contributed by atoms with Crippen LogP contribution in [0.5, 0.6) is 0 Å². The normalized spacial score (nSPS) is 31.7. The molecule has 0 aromatic heterocycles. The summed E-state index contributed by atoms with van der Waals surface area (Å²) in [6.07, 6.45) is 6.15. The van der Waals surface area contributed by atoms with Gasteiger partial charge in [0.25, 0.3) is 0 Å². The van der Waals surface area contributed by atoms with Crippen molar-refractivity contribution in [2.75, 3.05) is 6.61 Å². The predicted molar refractivity (Wildman–Crippen MR) is 60.3 cm³/mol. The van der Waals surface area contributed by atoms with E-state index < -0.39 is 0 Å². The zero-order chi connectivity index (χ0) is 10.6. The Morgan fingerprint density at radius 2 is 2.14 bits per heavy atom. The monoisotopic (exact) mass is 199 g/mol. The third kappa shape index (κ3) is 2.96. The molecule has 1 aliphatic carbocycles. The second-order valence-corrected chi connectivity index (χ2v) is 5.13. The van der Waals surface area contributed by atoms with Gasteiger partial charge in [0.1, 0.15) is 0 Å². The lowest BCUT2D eigenvalue weighted by atomic mass is 9.94. The van der Waals surface area contributed by atoms with Crippen LogP contribution >= 0.6 is 0 Å². The Labute approximate surface area is 88.1 Å². The van der Waals surface area contributed by atoms with Gasteiger partial charge in [-0.15, -0.1) is 0 Å². The first-order chi connectivity index (χ1) is 6.61.